The van der Waals surface area contributed by atoms with Gasteiger partial charge in [0.25, 0.3) is 0 Å². The Labute approximate surface area is 142 Å². The first-order chi connectivity index (χ1) is 11.5. The molecular formula is C14H16F3NO6S. The summed E-state index contributed by atoms with van der Waals surface area (Å²) in [5.74, 6) is -5.55. The second-order valence-corrected chi connectivity index (χ2v) is 7.40. The molecule has 1 saturated heterocycles. The minimum absolute atomic E-state index is 0.138. The summed E-state index contributed by atoms with van der Waals surface area (Å²) in [5.41, 5.74) is 0. The molecule has 0 aliphatic carbocycles. The molecule has 0 bridgehead atoms. The molecule has 1 aliphatic heterocycles. The van der Waals surface area contributed by atoms with Crippen molar-refractivity contribution in [3.05, 3.63) is 18.2 Å². The number of sulfonamides is 1. The highest BCUT2D eigenvalue weighted by molar-refractivity contribution is 7.89. The number of carboxylic acids is 1. The van der Waals surface area contributed by atoms with Crippen molar-refractivity contribution >= 4 is 16.0 Å². The topological polar surface area (TPSA) is 93.1 Å². The number of alkyl halides is 3. The largest absolute Gasteiger partial charge is 0.497 e. The molecule has 25 heavy (non-hydrogen) atoms. The number of hydrogen-bond donors (Lipinski definition) is 1. The highest BCUT2D eigenvalue weighted by Crippen LogP contribution is 2.40. The zero-order valence-corrected chi connectivity index (χ0v) is 14.1. The summed E-state index contributed by atoms with van der Waals surface area (Å²) in [5, 5.41) is 9.00. The van der Waals surface area contributed by atoms with Crippen molar-refractivity contribution in [1.82, 2.24) is 4.31 Å². The van der Waals surface area contributed by atoms with Crippen molar-refractivity contribution < 1.29 is 41.0 Å². The van der Waals surface area contributed by atoms with E-state index in [2.05, 4.69) is 0 Å². The van der Waals surface area contributed by atoms with Crippen LogP contribution in [-0.4, -0.2) is 57.3 Å². The predicted octanol–water partition coefficient (Wildman–Crippen LogP) is 1.59. The summed E-state index contributed by atoms with van der Waals surface area (Å²) in [6.45, 7) is -1.72. The average molecular weight is 383 g/mol. The van der Waals surface area contributed by atoms with Gasteiger partial charge in [0, 0.05) is 31.3 Å². The Morgan fingerprint density at radius 3 is 2.04 bits per heavy atom. The number of benzene rings is 1. The Balaban J connectivity index is 2.42. The van der Waals surface area contributed by atoms with Gasteiger partial charge in [-0.3, -0.25) is 4.79 Å². The smallest absolute Gasteiger partial charge is 0.393 e. The fraction of sp³-hybridized carbons (Fsp3) is 0.500. The van der Waals surface area contributed by atoms with Crippen LogP contribution in [0.25, 0.3) is 0 Å². The minimum Gasteiger partial charge on any atom is -0.497 e. The molecule has 0 aromatic heterocycles. The molecule has 2 rings (SSSR count). The molecule has 1 heterocycles. The van der Waals surface area contributed by atoms with E-state index in [1.807, 2.05) is 0 Å². The van der Waals surface area contributed by atoms with Crippen LogP contribution in [-0.2, 0) is 14.8 Å². The lowest BCUT2D eigenvalue weighted by Gasteiger charge is -2.19. The first-order valence-electron chi connectivity index (χ1n) is 7.03. The van der Waals surface area contributed by atoms with Crippen LogP contribution in [0, 0.1) is 11.8 Å². The number of hydrogen-bond acceptors (Lipinski definition) is 5. The van der Waals surface area contributed by atoms with Gasteiger partial charge in [0.2, 0.25) is 10.0 Å². The summed E-state index contributed by atoms with van der Waals surface area (Å²) in [6.07, 6.45) is -4.82. The average Bonchev–Trinajstić information content (AvgIpc) is 3.01. The third-order valence-electron chi connectivity index (χ3n) is 3.99. The van der Waals surface area contributed by atoms with Crippen LogP contribution in [0.5, 0.6) is 11.5 Å². The van der Waals surface area contributed by atoms with Crippen LogP contribution in [0.2, 0.25) is 0 Å². The third kappa shape index (κ3) is 3.82. The van der Waals surface area contributed by atoms with Gasteiger partial charge in [0.05, 0.1) is 31.0 Å². The number of nitrogens with zero attached hydrogens (tertiary/aromatic N) is 1. The zero-order chi connectivity index (χ0) is 19.0. The van der Waals surface area contributed by atoms with Gasteiger partial charge >= 0.3 is 12.1 Å². The first kappa shape index (κ1) is 19.3. The molecule has 1 aromatic carbocycles. The number of halogens is 3. The van der Waals surface area contributed by atoms with Crippen LogP contribution in [0.3, 0.4) is 0 Å². The van der Waals surface area contributed by atoms with E-state index in [0.717, 1.165) is 12.1 Å². The fourth-order valence-corrected chi connectivity index (χ4v) is 4.17. The number of rotatable bonds is 5. The van der Waals surface area contributed by atoms with Gasteiger partial charge in [0.1, 0.15) is 11.5 Å². The van der Waals surface area contributed by atoms with Gasteiger partial charge < -0.3 is 14.6 Å². The monoisotopic (exact) mass is 383 g/mol. The summed E-state index contributed by atoms with van der Waals surface area (Å²) < 4.78 is 74.9. The maximum absolute atomic E-state index is 13.0. The number of methoxy groups -OCH3 is 2. The van der Waals surface area contributed by atoms with Crippen molar-refractivity contribution in [3.63, 3.8) is 0 Å². The Bertz CT molecular complexity index is 742. The Kier molecular flexibility index (Phi) is 5.19. The van der Waals surface area contributed by atoms with Crippen LogP contribution in [0.15, 0.2) is 23.1 Å². The van der Waals surface area contributed by atoms with E-state index in [1.165, 1.54) is 20.3 Å². The molecule has 7 nitrogen and oxygen atoms in total. The second-order valence-electron chi connectivity index (χ2n) is 5.46. The summed E-state index contributed by atoms with van der Waals surface area (Å²) in [7, 11) is -1.77. The van der Waals surface area contributed by atoms with Gasteiger partial charge in [0.15, 0.2) is 0 Å². The molecular weight excluding hydrogens is 367 g/mol. The van der Waals surface area contributed by atoms with E-state index in [-0.39, 0.29) is 16.4 Å². The summed E-state index contributed by atoms with van der Waals surface area (Å²) in [6, 6.07) is 3.67. The third-order valence-corrected chi connectivity index (χ3v) is 5.80. The van der Waals surface area contributed by atoms with Crippen LogP contribution in [0.4, 0.5) is 13.2 Å². The summed E-state index contributed by atoms with van der Waals surface area (Å²) >= 11 is 0. The number of carbonyl (C=O) groups is 1. The molecule has 0 radical (unpaired) electrons. The number of ether oxygens (including phenoxy) is 2. The molecule has 1 aliphatic rings. The lowest BCUT2D eigenvalue weighted by atomic mass is 9.96. The highest BCUT2D eigenvalue weighted by Gasteiger charge is 2.55. The zero-order valence-electron chi connectivity index (χ0n) is 13.3. The maximum Gasteiger partial charge on any atom is 0.393 e. The molecule has 1 N–H and O–H groups in total. The van der Waals surface area contributed by atoms with Crippen LogP contribution >= 0.6 is 0 Å². The lowest BCUT2D eigenvalue weighted by Crippen LogP contribution is -2.34. The summed E-state index contributed by atoms with van der Waals surface area (Å²) in [4.78, 5) is 10.8. The predicted molar refractivity (Wildman–Crippen MR) is 79.0 cm³/mol. The molecule has 11 heteroatoms. The van der Waals surface area contributed by atoms with Crippen molar-refractivity contribution in [3.8, 4) is 11.5 Å². The first-order valence-corrected chi connectivity index (χ1v) is 8.47. The SMILES string of the molecule is COc1cc(OC)cc(S(=O)(=O)N2C[C@@H](C(F)(F)F)[C@H](C(=O)O)C2)c1. The van der Waals surface area contributed by atoms with Gasteiger partial charge in [-0.15, -0.1) is 0 Å². The van der Waals surface area contributed by atoms with Gasteiger partial charge in [-0.25, -0.2) is 8.42 Å². The molecule has 0 amide bonds. The molecule has 0 saturated carbocycles. The van der Waals surface area contributed by atoms with Crippen molar-refractivity contribution in [2.75, 3.05) is 27.3 Å². The standard InChI is InChI=1S/C14H16F3NO6S/c1-23-8-3-9(24-2)5-10(4-8)25(21,22)18-6-11(13(19)20)12(7-18)14(15,16)17/h3-5,11-12H,6-7H2,1-2H3,(H,19,20)/t11-,12-/m1/s1. The molecule has 140 valence electrons. The Hall–Kier alpha value is -2.01. The molecule has 1 fully saturated rings. The normalized spacial score (nSPS) is 22.0. The fourth-order valence-electron chi connectivity index (χ4n) is 2.63. The second kappa shape index (κ2) is 6.71. The van der Waals surface area contributed by atoms with E-state index >= 15 is 0 Å². The molecule has 0 unspecified atom stereocenters. The number of aliphatic carboxylic acids is 1. The number of carboxylic acid groups (broad SMARTS) is 1. The van der Waals surface area contributed by atoms with Gasteiger partial charge in [-0.05, 0) is 0 Å². The van der Waals surface area contributed by atoms with Crippen molar-refractivity contribution in [2.24, 2.45) is 11.8 Å². The van der Waals surface area contributed by atoms with Gasteiger partial charge in [-0.1, -0.05) is 0 Å². The molecule has 0 spiro atoms. The van der Waals surface area contributed by atoms with Crippen LogP contribution in [0.1, 0.15) is 0 Å². The van der Waals surface area contributed by atoms with Crippen molar-refractivity contribution in [1.29, 1.82) is 0 Å². The van der Waals surface area contributed by atoms with Crippen molar-refractivity contribution in [2.45, 2.75) is 11.1 Å². The van der Waals surface area contributed by atoms with E-state index in [1.54, 1.807) is 0 Å². The van der Waals surface area contributed by atoms with Gasteiger partial charge in [-0.2, -0.15) is 17.5 Å². The van der Waals surface area contributed by atoms with E-state index < -0.39 is 47.1 Å². The maximum atomic E-state index is 13.0. The Morgan fingerprint density at radius 2 is 1.68 bits per heavy atom. The highest BCUT2D eigenvalue weighted by atomic mass is 32.2. The van der Waals surface area contributed by atoms with Crippen LogP contribution < -0.4 is 9.47 Å². The van der Waals surface area contributed by atoms with E-state index in [9.17, 15) is 26.4 Å². The molecule has 2 atom stereocenters. The molecule has 1 aromatic rings. The quantitative estimate of drug-likeness (QED) is 0.830. The van der Waals surface area contributed by atoms with E-state index in [4.69, 9.17) is 14.6 Å². The van der Waals surface area contributed by atoms with E-state index in [0.29, 0.717) is 4.31 Å². The Morgan fingerprint density at radius 1 is 1.16 bits per heavy atom. The lowest BCUT2D eigenvalue weighted by molar-refractivity contribution is -0.187. The minimum atomic E-state index is -4.82.